The molecule has 2 rings (SSSR count). The van der Waals surface area contributed by atoms with Crippen LogP contribution >= 0.6 is 0 Å². The van der Waals surface area contributed by atoms with Crippen LogP contribution in [0.25, 0.3) is 0 Å². The molecule has 0 aliphatic carbocycles. The summed E-state index contributed by atoms with van der Waals surface area (Å²) in [6, 6.07) is 5.37. The van der Waals surface area contributed by atoms with Crippen LogP contribution < -0.4 is 14.2 Å². The third-order valence-electron chi connectivity index (χ3n) is 3.41. The van der Waals surface area contributed by atoms with Crippen molar-refractivity contribution in [1.29, 1.82) is 0 Å². The molecule has 1 amide bonds. The van der Waals surface area contributed by atoms with Crippen molar-refractivity contribution in [3.63, 3.8) is 0 Å². The van der Waals surface area contributed by atoms with E-state index < -0.39 is 27.1 Å². The molecule has 0 unspecified atom stereocenters. The average molecular weight is 313 g/mol. The van der Waals surface area contributed by atoms with Crippen molar-refractivity contribution in [2.45, 2.75) is 25.5 Å². The monoisotopic (exact) mass is 313 g/mol. The summed E-state index contributed by atoms with van der Waals surface area (Å²) in [6.07, 6.45) is 0.443. The molecule has 1 aromatic carbocycles. The highest BCUT2D eigenvalue weighted by atomic mass is 32.2. The van der Waals surface area contributed by atoms with E-state index in [9.17, 15) is 13.2 Å². The number of ether oxygens (including phenoxy) is 2. The lowest BCUT2D eigenvalue weighted by atomic mass is 9.96. The van der Waals surface area contributed by atoms with E-state index in [-0.39, 0.29) is 6.61 Å². The first kappa shape index (κ1) is 15.6. The standard InChI is InChI=1S/C14H19NO5S/c1-9(2)21(17,18)15-14(16)11-6-10-4-5-12(19-3)7-13(10)20-8-11/h4-5,7,9,11H,6,8H2,1-3H3,(H,15,16)/t11-/m0/s1. The van der Waals surface area contributed by atoms with Crippen LogP contribution in [0.5, 0.6) is 11.5 Å². The summed E-state index contributed by atoms with van der Waals surface area (Å²) in [5.41, 5.74) is 0.865. The maximum Gasteiger partial charge on any atom is 0.240 e. The van der Waals surface area contributed by atoms with Crippen LogP contribution in [0.2, 0.25) is 0 Å². The van der Waals surface area contributed by atoms with E-state index in [0.29, 0.717) is 17.9 Å². The van der Waals surface area contributed by atoms with Gasteiger partial charge < -0.3 is 9.47 Å². The number of benzene rings is 1. The largest absolute Gasteiger partial charge is 0.497 e. The lowest BCUT2D eigenvalue weighted by Crippen LogP contribution is -2.42. The van der Waals surface area contributed by atoms with Crippen molar-refractivity contribution in [2.75, 3.05) is 13.7 Å². The first-order valence-electron chi connectivity index (χ1n) is 6.68. The van der Waals surface area contributed by atoms with Crippen LogP contribution in [0.4, 0.5) is 0 Å². The smallest absolute Gasteiger partial charge is 0.240 e. The highest BCUT2D eigenvalue weighted by Crippen LogP contribution is 2.31. The van der Waals surface area contributed by atoms with Gasteiger partial charge in [0.25, 0.3) is 0 Å². The molecular formula is C14H19NO5S. The normalized spacial score (nSPS) is 17.8. The van der Waals surface area contributed by atoms with Crippen LogP contribution in [0, 0.1) is 5.92 Å². The van der Waals surface area contributed by atoms with Crippen LogP contribution in [0.15, 0.2) is 18.2 Å². The van der Waals surface area contributed by atoms with E-state index in [1.54, 1.807) is 19.2 Å². The summed E-state index contributed by atoms with van der Waals surface area (Å²) in [4.78, 5) is 12.1. The molecule has 0 radical (unpaired) electrons. The number of nitrogens with one attached hydrogen (secondary N) is 1. The third-order valence-corrected chi connectivity index (χ3v) is 5.14. The Hall–Kier alpha value is -1.76. The second kappa shape index (κ2) is 5.93. The lowest BCUT2D eigenvalue weighted by molar-refractivity contribution is -0.124. The molecule has 1 atom stereocenters. The predicted molar refractivity (Wildman–Crippen MR) is 77.9 cm³/mol. The van der Waals surface area contributed by atoms with Gasteiger partial charge in [-0.05, 0) is 31.9 Å². The molecule has 116 valence electrons. The van der Waals surface area contributed by atoms with Crippen LogP contribution in [0.1, 0.15) is 19.4 Å². The minimum atomic E-state index is -3.61. The maximum atomic E-state index is 12.1. The van der Waals surface area contributed by atoms with Gasteiger partial charge in [0.1, 0.15) is 18.1 Å². The fraction of sp³-hybridized carbons (Fsp3) is 0.500. The molecule has 1 aliphatic heterocycles. The van der Waals surface area contributed by atoms with Gasteiger partial charge in [0.2, 0.25) is 15.9 Å². The molecule has 6 nitrogen and oxygen atoms in total. The zero-order valence-electron chi connectivity index (χ0n) is 12.3. The quantitative estimate of drug-likeness (QED) is 0.900. The third kappa shape index (κ3) is 3.47. The molecule has 1 aromatic rings. The minimum Gasteiger partial charge on any atom is -0.497 e. The molecule has 0 aromatic heterocycles. The summed E-state index contributed by atoms with van der Waals surface area (Å²) < 4.78 is 36.2. The Balaban J connectivity index is 2.09. The molecule has 1 heterocycles. The molecule has 0 saturated carbocycles. The molecule has 1 aliphatic rings. The van der Waals surface area contributed by atoms with E-state index in [1.807, 2.05) is 6.07 Å². The van der Waals surface area contributed by atoms with E-state index in [4.69, 9.17) is 9.47 Å². The first-order valence-corrected chi connectivity index (χ1v) is 8.23. The van der Waals surface area contributed by atoms with E-state index >= 15 is 0 Å². The number of sulfonamides is 1. The molecular weight excluding hydrogens is 294 g/mol. The highest BCUT2D eigenvalue weighted by molar-refractivity contribution is 7.90. The summed E-state index contributed by atoms with van der Waals surface area (Å²) in [5, 5.41) is -0.650. The van der Waals surface area contributed by atoms with Crippen molar-refractivity contribution in [3.8, 4) is 11.5 Å². The van der Waals surface area contributed by atoms with Crippen LogP contribution in [-0.2, 0) is 21.2 Å². The van der Waals surface area contributed by atoms with E-state index in [2.05, 4.69) is 4.72 Å². The van der Waals surface area contributed by atoms with Crippen molar-refractivity contribution in [1.82, 2.24) is 4.72 Å². The van der Waals surface area contributed by atoms with E-state index in [0.717, 1.165) is 5.56 Å². The van der Waals surface area contributed by atoms with Crippen molar-refractivity contribution in [2.24, 2.45) is 5.92 Å². The Labute approximate surface area is 124 Å². The highest BCUT2D eigenvalue weighted by Gasteiger charge is 2.29. The van der Waals surface area contributed by atoms with E-state index in [1.165, 1.54) is 13.8 Å². The Morgan fingerprint density at radius 2 is 2.14 bits per heavy atom. The van der Waals surface area contributed by atoms with Crippen molar-refractivity contribution in [3.05, 3.63) is 23.8 Å². The van der Waals surface area contributed by atoms with Gasteiger partial charge in [-0.15, -0.1) is 0 Å². The second-order valence-corrected chi connectivity index (χ2v) is 7.48. The molecule has 21 heavy (non-hydrogen) atoms. The number of hydrogen-bond acceptors (Lipinski definition) is 5. The summed E-state index contributed by atoms with van der Waals surface area (Å²) in [5.74, 6) is 0.314. The van der Waals surface area contributed by atoms with Gasteiger partial charge in [0.05, 0.1) is 18.3 Å². The van der Waals surface area contributed by atoms with Crippen LogP contribution in [-0.4, -0.2) is 33.3 Å². The van der Waals surface area contributed by atoms with Crippen molar-refractivity contribution < 1.29 is 22.7 Å². The predicted octanol–water partition coefficient (Wildman–Crippen LogP) is 1.10. The first-order chi connectivity index (χ1) is 9.83. The Morgan fingerprint density at radius 3 is 2.76 bits per heavy atom. The fourth-order valence-electron chi connectivity index (χ4n) is 1.99. The second-order valence-electron chi connectivity index (χ2n) is 5.25. The zero-order chi connectivity index (χ0) is 15.6. The maximum absolute atomic E-state index is 12.1. The average Bonchev–Trinajstić information content (AvgIpc) is 2.45. The number of fused-ring (bicyclic) bond motifs is 1. The van der Waals surface area contributed by atoms with Gasteiger partial charge in [0, 0.05) is 6.07 Å². The topological polar surface area (TPSA) is 81.7 Å². The zero-order valence-corrected chi connectivity index (χ0v) is 13.1. The van der Waals surface area contributed by atoms with Gasteiger partial charge in [-0.2, -0.15) is 0 Å². The minimum absolute atomic E-state index is 0.152. The fourth-order valence-corrected chi connectivity index (χ4v) is 2.67. The Kier molecular flexibility index (Phi) is 4.41. The van der Waals surface area contributed by atoms with Gasteiger partial charge in [-0.3, -0.25) is 9.52 Å². The SMILES string of the molecule is COc1ccc2c(c1)OC[C@@H](C(=O)NS(=O)(=O)C(C)C)C2. The molecule has 0 saturated heterocycles. The van der Waals surface area contributed by atoms with Gasteiger partial charge >= 0.3 is 0 Å². The Bertz CT molecular complexity index is 639. The summed E-state index contributed by atoms with van der Waals surface area (Å²) in [7, 11) is -2.04. The van der Waals surface area contributed by atoms with Crippen LogP contribution in [0.3, 0.4) is 0 Å². The summed E-state index contributed by atoms with van der Waals surface area (Å²) >= 11 is 0. The number of carbonyl (C=O) groups is 1. The van der Waals surface area contributed by atoms with Crippen molar-refractivity contribution >= 4 is 15.9 Å². The molecule has 7 heteroatoms. The molecule has 0 fully saturated rings. The Morgan fingerprint density at radius 1 is 1.43 bits per heavy atom. The van der Waals surface area contributed by atoms with Gasteiger partial charge in [0.15, 0.2) is 0 Å². The molecule has 0 spiro atoms. The summed E-state index contributed by atoms with van der Waals surface area (Å²) in [6.45, 7) is 3.20. The number of rotatable bonds is 4. The van der Waals surface area contributed by atoms with Gasteiger partial charge in [-0.25, -0.2) is 8.42 Å². The number of carbonyl (C=O) groups excluding carboxylic acids is 1. The van der Waals surface area contributed by atoms with Gasteiger partial charge in [-0.1, -0.05) is 6.07 Å². The molecule has 1 N–H and O–H groups in total. The number of hydrogen-bond donors (Lipinski definition) is 1. The number of methoxy groups -OCH3 is 1. The lowest BCUT2D eigenvalue weighted by Gasteiger charge is -2.25. The molecule has 0 bridgehead atoms. The number of amides is 1.